The van der Waals surface area contributed by atoms with Crippen molar-refractivity contribution in [3.8, 4) is 22.8 Å². The van der Waals surface area contributed by atoms with Crippen LogP contribution in [0.1, 0.15) is 53.5 Å². The van der Waals surface area contributed by atoms with Crippen molar-refractivity contribution in [2.24, 2.45) is 0 Å². The highest BCUT2D eigenvalue weighted by atomic mass is 19.1. The molecular weight excluding hydrogens is 585 g/mol. The number of hydrogen-bond donors (Lipinski definition) is 2. The summed E-state index contributed by atoms with van der Waals surface area (Å²) in [6, 6.07) is 8.24. The molecule has 2 unspecified atom stereocenters. The monoisotopic (exact) mass is 621 g/mol. The lowest BCUT2D eigenvalue weighted by Crippen LogP contribution is -2.70. The molecule has 0 bridgehead atoms. The molecule has 5 rings (SSSR count). The van der Waals surface area contributed by atoms with Gasteiger partial charge in [0.15, 0.2) is 6.61 Å². The lowest BCUT2D eigenvalue weighted by molar-refractivity contribution is -0.161. The number of hydrogen-bond acceptors (Lipinski definition) is 8. The number of carbonyl (C=O) groups excluding carboxylic acids is 4. The normalized spacial score (nSPS) is 17.8. The Kier molecular flexibility index (Phi) is 8.59. The van der Waals surface area contributed by atoms with Crippen molar-refractivity contribution < 1.29 is 42.5 Å². The van der Waals surface area contributed by atoms with Gasteiger partial charge in [-0.2, -0.15) is 0 Å². The van der Waals surface area contributed by atoms with E-state index in [1.54, 1.807) is 58.9 Å². The number of ether oxygens (including phenoxy) is 4. The highest BCUT2D eigenvalue weighted by molar-refractivity contribution is 6.02. The van der Waals surface area contributed by atoms with Crippen LogP contribution in [0.15, 0.2) is 47.7 Å². The van der Waals surface area contributed by atoms with E-state index in [9.17, 15) is 23.6 Å². The fourth-order valence-electron chi connectivity index (χ4n) is 5.42. The molecule has 1 fully saturated rings. The summed E-state index contributed by atoms with van der Waals surface area (Å²) in [5.74, 6) is -1.67. The number of aromatic amines is 1. The number of nitrogens with zero attached hydrogens (tertiary/aromatic N) is 1. The minimum absolute atomic E-state index is 0.00485. The Hall–Kier alpha value is -4.87. The van der Waals surface area contributed by atoms with Gasteiger partial charge in [0.25, 0.3) is 11.8 Å². The number of carbonyl (C=O) groups is 4. The highest BCUT2D eigenvalue weighted by Gasteiger charge is 2.50. The van der Waals surface area contributed by atoms with E-state index in [1.807, 2.05) is 0 Å². The Labute approximate surface area is 259 Å². The number of β-lactam (4-membered cyclic amide) rings is 1. The summed E-state index contributed by atoms with van der Waals surface area (Å²) in [5, 5.41) is 3.44. The molecule has 11 nitrogen and oxygen atoms in total. The molecule has 3 heterocycles. The molecule has 0 aliphatic carbocycles. The number of amides is 2. The number of rotatable bonds is 9. The van der Waals surface area contributed by atoms with Crippen LogP contribution in [0.5, 0.6) is 11.5 Å². The molecule has 2 amide bonds. The summed E-state index contributed by atoms with van der Waals surface area (Å²) < 4.78 is 36.1. The maximum absolute atomic E-state index is 13.8. The van der Waals surface area contributed by atoms with E-state index in [1.165, 1.54) is 24.0 Å². The number of fused-ring (bicyclic) bond motifs is 5. The molecule has 1 aromatic heterocycles. The van der Waals surface area contributed by atoms with E-state index >= 15 is 0 Å². The molecule has 0 saturated carbocycles. The van der Waals surface area contributed by atoms with Crippen molar-refractivity contribution in [1.82, 2.24) is 15.2 Å². The Morgan fingerprint density at radius 2 is 1.89 bits per heavy atom. The summed E-state index contributed by atoms with van der Waals surface area (Å²) >= 11 is 0. The Balaban J connectivity index is 1.24. The number of esters is 2. The van der Waals surface area contributed by atoms with Crippen LogP contribution in [-0.4, -0.2) is 64.5 Å². The second-order valence-electron chi connectivity index (χ2n) is 12.0. The molecule has 0 spiro atoms. The maximum Gasteiger partial charge on any atom is 0.355 e. The fourth-order valence-corrected chi connectivity index (χ4v) is 5.42. The van der Waals surface area contributed by atoms with E-state index in [0.717, 1.165) is 27.7 Å². The van der Waals surface area contributed by atoms with E-state index in [4.69, 9.17) is 18.9 Å². The minimum atomic E-state index is -0.900. The molecule has 2 N–H and O–H groups in total. The van der Waals surface area contributed by atoms with Crippen LogP contribution in [0.25, 0.3) is 22.2 Å². The lowest BCUT2D eigenvalue weighted by Gasteiger charge is -2.46. The van der Waals surface area contributed by atoms with Crippen LogP contribution >= 0.6 is 0 Å². The van der Waals surface area contributed by atoms with Gasteiger partial charge in [0, 0.05) is 35.0 Å². The quantitative estimate of drug-likeness (QED) is 0.202. The molecular formula is C33H36FN3O8. The fraction of sp³-hybridized carbons (Fsp3) is 0.394. The standard InChI is InChI=1S/C33H36FN3O8/c1-7-19(14-42-18(3)38)30(32(41)45-33(4,5)6)37-17(2)28(31(37)40)36-27(39)16-43-21-9-10-22-26(13-21)44-15-24-23-12-20(34)8-11-25(23)35-29(22)24/h8-13,17,28,35H,7,14-16H2,1-6H3,(H,36,39)/b30-19+. The Morgan fingerprint density at radius 3 is 2.56 bits per heavy atom. The van der Waals surface area contributed by atoms with Gasteiger partial charge in [-0.25, -0.2) is 9.18 Å². The molecule has 3 aromatic rings. The van der Waals surface area contributed by atoms with Gasteiger partial charge in [-0.05, 0) is 70.0 Å². The number of H-pyrrole nitrogens is 1. The van der Waals surface area contributed by atoms with Gasteiger partial charge >= 0.3 is 11.9 Å². The lowest BCUT2D eigenvalue weighted by atomic mass is 9.93. The van der Waals surface area contributed by atoms with Gasteiger partial charge in [-0.3, -0.25) is 19.3 Å². The van der Waals surface area contributed by atoms with Crippen molar-refractivity contribution in [2.75, 3.05) is 13.2 Å². The van der Waals surface area contributed by atoms with Crippen LogP contribution in [-0.2, 0) is 35.3 Å². The maximum atomic E-state index is 13.8. The number of likely N-dealkylation sites (tertiary alicyclic amines) is 1. The smallest absolute Gasteiger partial charge is 0.355 e. The van der Waals surface area contributed by atoms with Gasteiger partial charge in [-0.1, -0.05) is 6.92 Å². The van der Waals surface area contributed by atoms with Crippen LogP contribution < -0.4 is 14.8 Å². The first kappa shape index (κ1) is 31.6. The van der Waals surface area contributed by atoms with Crippen LogP contribution in [0.2, 0.25) is 0 Å². The van der Waals surface area contributed by atoms with Crippen molar-refractivity contribution in [3.63, 3.8) is 0 Å². The summed E-state index contributed by atoms with van der Waals surface area (Å²) in [5.41, 5.74) is 2.88. The molecule has 1 saturated heterocycles. The zero-order chi connectivity index (χ0) is 32.6. The molecule has 2 aliphatic heterocycles. The van der Waals surface area contributed by atoms with E-state index < -0.39 is 41.4 Å². The summed E-state index contributed by atoms with van der Waals surface area (Å²) in [6.45, 7) is 9.56. The van der Waals surface area contributed by atoms with E-state index in [0.29, 0.717) is 23.5 Å². The van der Waals surface area contributed by atoms with Gasteiger partial charge in [-0.15, -0.1) is 0 Å². The molecule has 238 valence electrons. The second-order valence-corrected chi connectivity index (χ2v) is 12.0. The van der Waals surface area contributed by atoms with Crippen molar-refractivity contribution in [3.05, 3.63) is 59.0 Å². The Morgan fingerprint density at radius 1 is 1.13 bits per heavy atom. The largest absolute Gasteiger partial charge is 0.488 e. The molecule has 2 aliphatic rings. The van der Waals surface area contributed by atoms with Crippen LogP contribution in [0, 0.1) is 5.82 Å². The summed E-state index contributed by atoms with van der Waals surface area (Å²) in [4.78, 5) is 55.3. The summed E-state index contributed by atoms with van der Waals surface area (Å²) in [6.07, 6.45) is 0.327. The minimum Gasteiger partial charge on any atom is -0.488 e. The molecule has 0 radical (unpaired) electrons. The second kappa shape index (κ2) is 12.3. The third kappa shape index (κ3) is 6.50. The van der Waals surface area contributed by atoms with Crippen molar-refractivity contribution >= 4 is 34.7 Å². The first-order chi connectivity index (χ1) is 21.3. The van der Waals surface area contributed by atoms with Crippen LogP contribution in [0.4, 0.5) is 4.39 Å². The highest BCUT2D eigenvalue weighted by Crippen LogP contribution is 2.42. The number of nitrogens with one attached hydrogen (secondary N) is 2. The number of halogens is 1. The molecule has 12 heteroatoms. The molecule has 2 aromatic carbocycles. The van der Waals surface area contributed by atoms with Gasteiger partial charge in [0.05, 0.1) is 11.7 Å². The first-order valence-electron chi connectivity index (χ1n) is 14.7. The van der Waals surface area contributed by atoms with Gasteiger partial charge in [0.2, 0.25) is 0 Å². The van der Waals surface area contributed by atoms with E-state index in [2.05, 4.69) is 10.3 Å². The summed E-state index contributed by atoms with van der Waals surface area (Å²) in [7, 11) is 0. The van der Waals surface area contributed by atoms with Gasteiger partial charge < -0.3 is 29.2 Å². The number of benzene rings is 2. The third-order valence-electron chi connectivity index (χ3n) is 7.59. The molecule has 45 heavy (non-hydrogen) atoms. The zero-order valence-electron chi connectivity index (χ0n) is 26.0. The average molecular weight is 622 g/mol. The zero-order valence-corrected chi connectivity index (χ0v) is 26.0. The van der Waals surface area contributed by atoms with Crippen molar-refractivity contribution in [1.29, 1.82) is 0 Å². The van der Waals surface area contributed by atoms with E-state index in [-0.39, 0.29) is 31.3 Å². The predicted octanol–water partition coefficient (Wildman–Crippen LogP) is 4.53. The predicted molar refractivity (Wildman–Crippen MR) is 162 cm³/mol. The average Bonchev–Trinajstić information content (AvgIpc) is 3.35. The first-order valence-corrected chi connectivity index (χ1v) is 14.7. The van der Waals surface area contributed by atoms with Crippen molar-refractivity contribution in [2.45, 2.75) is 72.3 Å². The van der Waals surface area contributed by atoms with Crippen LogP contribution in [0.3, 0.4) is 0 Å². The van der Waals surface area contributed by atoms with Gasteiger partial charge in [0.1, 0.15) is 47.9 Å². The number of aromatic nitrogens is 1. The third-order valence-corrected chi connectivity index (χ3v) is 7.59. The SMILES string of the molecule is CC/C(COC(C)=O)=C(/C(=O)OC(C)(C)C)N1C(=O)C(NC(=O)COc2ccc3c(c2)OCc2c-3[nH]c3ccc(F)cc23)C1C. The topological polar surface area (TPSA) is 136 Å². The molecule has 2 atom stereocenters. The Bertz CT molecular complexity index is 1720.